The fraction of sp³-hybridized carbons (Fsp3) is 0.222. The number of carbonyl (C=O) groups is 1. The summed E-state index contributed by atoms with van der Waals surface area (Å²) < 4.78 is 11.1. The Morgan fingerprint density at radius 1 is 1.13 bits per heavy atom. The Kier molecular flexibility index (Phi) is 4.57. The molecule has 0 saturated carbocycles. The third-order valence-corrected chi connectivity index (χ3v) is 3.49. The van der Waals surface area contributed by atoms with Crippen molar-refractivity contribution in [3.05, 3.63) is 65.2 Å². The summed E-state index contributed by atoms with van der Waals surface area (Å²) in [6.45, 7) is 2.95. The van der Waals surface area contributed by atoms with Crippen molar-refractivity contribution in [1.82, 2.24) is 0 Å². The summed E-state index contributed by atoms with van der Waals surface area (Å²) in [6.07, 6.45) is 0. The van der Waals surface area contributed by atoms with Gasteiger partial charge >= 0.3 is 0 Å². The molecule has 1 aliphatic rings. The molecule has 2 aromatic rings. The number of benzene rings is 2. The highest BCUT2D eigenvalue weighted by Crippen LogP contribution is 2.20. The average molecular weight is 311 g/mol. The van der Waals surface area contributed by atoms with Gasteiger partial charge in [0.25, 0.3) is 11.7 Å². The molecule has 0 N–H and O–H groups in total. The molecule has 1 aliphatic heterocycles. The zero-order valence-electron chi connectivity index (χ0n) is 12.8. The molecule has 0 aliphatic carbocycles. The quantitative estimate of drug-likeness (QED) is 0.796. The van der Waals surface area contributed by atoms with Gasteiger partial charge in [-0.1, -0.05) is 42.5 Å². The first-order chi connectivity index (χ1) is 11.3. The van der Waals surface area contributed by atoms with Gasteiger partial charge in [-0.3, -0.25) is 4.79 Å². The van der Waals surface area contributed by atoms with Crippen molar-refractivity contribution in [2.45, 2.75) is 13.5 Å². The van der Waals surface area contributed by atoms with E-state index in [1.165, 1.54) is 0 Å². The van der Waals surface area contributed by atoms with E-state index in [0.29, 0.717) is 25.4 Å². The molecule has 0 atom stereocenters. The van der Waals surface area contributed by atoms with Crippen LogP contribution >= 0.6 is 0 Å². The summed E-state index contributed by atoms with van der Waals surface area (Å²) in [5, 5.41) is 3.68. The van der Waals surface area contributed by atoms with Gasteiger partial charge in [-0.05, 0) is 23.7 Å². The van der Waals surface area contributed by atoms with Gasteiger partial charge in [0.15, 0.2) is 6.61 Å². The van der Waals surface area contributed by atoms with Gasteiger partial charge in [-0.25, -0.2) is 0 Å². The van der Waals surface area contributed by atoms with Gasteiger partial charge in [0.1, 0.15) is 19.0 Å². The molecule has 23 heavy (non-hydrogen) atoms. The van der Waals surface area contributed by atoms with Crippen LogP contribution in [0.4, 0.5) is 0 Å². The fourth-order valence-electron chi connectivity index (χ4n) is 2.27. The zero-order chi connectivity index (χ0) is 16.1. The molecule has 0 radical (unpaired) electrons. The Morgan fingerprint density at radius 3 is 2.70 bits per heavy atom. The number of rotatable bonds is 5. The van der Waals surface area contributed by atoms with Gasteiger partial charge < -0.3 is 14.3 Å². The molecule has 118 valence electrons. The second-order valence-electron chi connectivity index (χ2n) is 5.12. The molecular formula is C18H17NO4. The normalized spacial score (nSPS) is 13.5. The number of Topliss-reactive ketones (excluding diaryl/α,β-unsaturated/α-hetero) is 1. The van der Waals surface area contributed by atoms with Gasteiger partial charge in [-0.2, -0.15) is 0 Å². The van der Waals surface area contributed by atoms with Crippen molar-refractivity contribution in [2.24, 2.45) is 5.16 Å². The van der Waals surface area contributed by atoms with E-state index in [9.17, 15) is 4.79 Å². The third-order valence-electron chi connectivity index (χ3n) is 3.49. The first-order valence-corrected chi connectivity index (χ1v) is 7.39. The molecule has 0 bridgehead atoms. The zero-order valence-corrected chi connectivity index (χ0v) is 12.8. The Morgan fingerprint density at radius 2 is 1.91 bits per heavy atom. The molecular weight excluding hydrogens is 294 g/mol. The topological polar surface area (TPSA) is 57.1 Å². The van der Waals surface area contributed by atoms with Crippen molar-refractivity contribution in [3.8, 4) is 5.75 Å². The molecule has 2 aromatic carbocycles. The first kappa shape index (κ1) is 15.1. The summed E-state index contributed by atoms with van der Waals surface area (Å²) in [4.78, 5) is 17.4. The van der Waals surface area contributed by atoms with Crippen LogP contribution in [0, 0.1) is 6.92 Å². The molecule has 0 amide bonds. The van der Waals surface area contributed by atoms with Gasteiger partial charge in [0, 0.05) is 11.1 Å². The van der Waals surface area contributed by atoms with Crippen molar-refractivity contribution < 1.29 is 19.1 Å². The standard InChI is InChI=1S/C18H17NO4/c1-13-6-2-5-9-16(13)22-12-14-7-3-4-8-15(14)17(20)18-19-23-11-10-21-18/h2-9H,10-12H2,1H3. The number of aryl methyl sites for hydroxylation is 1. The maximum Gasteiger partial charge on any atom is 0.299 e. The van der Waals surface area contributed by atoms with Crippen LogP contribution in [0.25, 0.3) is 0 Å². The van der Waals surface area contributed by atoms with Crippen LogP contribution in [0.2, 0.25) is 0 Å². The maximum absolute atomic E-state index is 12.5. The number of oxime groups is 1. The van der Waals surface area contributed by atoms with Crippen molar-refractivity contribution in [1.29, 1.82) is 0 Å². The molecule has 3 rings (SSSR count). The minimum absolute atomic E-state index is 0.0143. The summed E-state index contributed by atoms with van der Waals surface area (Å²) in [5.41, 5.74) is 2.33. The predicted molar refractivity (Wildman–Crippen MR) is 85.6 cm³/mol. The van der Waals surface area contributed by atoms with Crippen molar-refractivity contribution in [2.75, 3.05) is 13.2 Å². The van der Waals surface area contributed by atoms with Gasteiger partial charge in [-0.15, -0.1) is 0 Å². The minimum Gasteiger partial charge on any atom is -0.489 e. The smallest absolute Gasteiger partial charge is 0.299 e. The monoisotopic (exact) mass is 311 g/mol. The number of carbonyl (C=O) groups excluding carboxylic acids is 1. The van der Waals surface area contributed by atoms with Gasteiger partial charge in [0.05, 0.1) is 0 Å². The average Bonchev–Trinajstić information content (AvgIpc) is 2.61. The molecule has 0 aromatic heterocycles. The number of hydrogen-bond donors (Lipinski definition) is 0. The second-order valence-corrected chi connectivity index (χ2v) is 5.12. The van der Waals surface area contributed by atoms with E-state index < -0.39 is 0 Å². The largest absolute Gasteiger partial charge is 0.489 e. The summed E-state index contributed by atoms with van der Waals surface area (Å²) in [6, 6.07) is 15.0. The molecule has 0 saturated heterocycles. The van der Waals surface area contributed by atoms with E-state index in [-0.39, 0.29) is 11.7 Å². The van der Waals surface area contributed by atoms with E-state index in [1.54, 1.807) is 12.1 Å². The lowest BCUT2D eigenvalue weighted by atomic mass is 10.0. The summed E-state index contributed by atoms with van der Waals surface area (Å²) >= 11 is 0. The second kappa shape index (κ2) is 6.96. The van der Waals surface area contributed by atoms with E-state index in [2.05, 4.69) is 5.16 Å². The third kappa shape index (κ3) is 3.51. The molecule has 0 fully saturated rings. The fourth-order valence-corrected chi connectivity index (χ4v) is 2.27. The van der Waals surface area contributed by atoms with Crippen LogP contribution in [-0.2, 0) is 16.2 Å². The highest BCUT2D eigenvalue weighted by atomic mass is 16.7. The number of ketones is 1. The van der Waals surface area contributed by atoms with Crippen LogP contribution < -0.4 is 4.74 Å². The van der Waals surface area contributed by atoms with Crippen LogP contribution in [0.3, 0.4) is 0 Å². The van der Waals surface area contributed by atoms with Crippen LogP contribution in [-0.4, -0.2) is 24.9 Å². The van der Waals surface area contributed by atoms with E-state index >= 15 is 0 Å². The lowest BCUT2D eigenvalue weighted by Crippen LogP contribution is -2.25. The van der Waals surface area contributed by atoms with Crippen LogP contribution in [0.5, 0.6) is 5.75 Å². The summed E-state index contributed by atoms with van der Waals surface area (Å²) in [7, 11) is 0. The molecule has 0 unspecified atom stereocenters. The van der Waals surface area contributed by atoms with Crippen LogP contribution in [0.15, 0.2) is 53.7 Å². The number of para-hydroxylation sites is 1. The Balaban J connectivity index is 1.79. The van der Waals surface area contributed by atoms with Gasteiger partial charge in [0.2, 0.25) is 0 Å². The highest BCUT2D eigenvalue weighted by Gasteiger charge is 2.22. The Bertz CT molecular complexity index is 739. The molecule has 1 heterocycles. The molecule has 0 spiro atoms. The number of nitrogens with zero attached hydrogens (tertiary/aromatic N) is 1. The molecule has 5 nitrogen and oxygen atoms in total. The number of ether oxygens (including phenoxy) is 2. The van der Waals surface area contributed by atoms with Crippen molar-refractivity contribution in [3.63, 3.8) is 0 Å². The predicted octanol–water partition coefficient (Wildman–Crippen LogP) is 3.12. The van der Waals surface area contributed by atoms with Crippen LogP contribution in [0.1, 0.15) is 21.5 Å². The van der Waals surface area contributed by atoms with E-state index in [0.717, 1.165) is 16.9 Å². The van der Waals surface area contributed by atoms with Crippen molar-refractivity contribution >= 4 is 11.7 Å². The summed E-state index contributed by atoms with van der Waals surface area (Å²) in [5.74, 6) is 0.484. The first-order valence-electron chi connectivity index (χ1n) is 7.39. The van der Waals surface area contributed by atoms with E-state index in [1.807, 2.05) is 43.3 Å². The van der Waals surface area contributed by atoms with E-state index in [4.69, 9.17) is 14.3 Å². The maximum atomic E-state index is 12.5. The molecule has 5 heteroatoms. The Hall–Kier alpha value is -2.82. The minimum atomic E-state index is -0.298. The number of hydrogen-bond acceptors (Lipinski definition) is 5. The lowest BCUT2D eigenvalue weighted by molar-refractivity contribution is 0.0584. The SMILES string of the molecule is Cc1ccccc1OCc1ccccc1C(=O)C1=NOCCO1. The Labute approximate surface area is 134 Å². The highest BCUT2D eigenvalue weighted by molar-refractivity contribution is 6.43. The lowest BCUT2D eigenvalue weighted by Gasteiger charge is -2.15.